The first-order valence-corrected chi connectivity index (χ1v) is 11.3. The van der Waals surface area contributed by atoms with Crippen LogP contribution in [0.4, 0.5) is 5.69 Å². The smallest absolute Gasteiger partial charge is 0.338 e. The molecule has 34 heavy (non-hydrogen) atoms. The number of hydrogen-bond donors (Lipinski definition) is 2. The fraction of sp³-hybridized carbons (Fsp3) is 0.200. The summed E-state index contributed by atoms with van der Waals surface area (Å²) in [5.41, 5.74) is 0.533. The molecule has 1 fully saturated rings. The number of thioether (sulfide) groups is 1. The molecular formula is C25H24N2O6S. The number of hydrogen-bond acceptors (Lipinski definition) is 7. The number of carboxylic acid groups (broad SMARTS) is 1. The summed E-state index contributed by atoms with van der Waals surface area (Å²) in [5, 5.41) is 19.4. The first-order valence-electron chi connectivity index (χ1n) is 10.5. The average Bonchev–Trinajstić information content (AvgIpc) is 3.08. The number of aromatic hydroxyl groups is 1. The molecule has 8 nitrogen and oxygen atoms in total. The monoisotopic (exact) mass is 480 g/mol. The zero-order chi connectivity index (χ0) is 24.8. The Labute approximate surface area is 201 Å². The highest BCUT2D eigenvalue weighted by Crippen LogP contribution is 2.36. The highest BCUT2D eigenvalue weighted by Gasteiger charge is 2.33. The Bertz CT molecular complexity index is 1200. The van der Waals surface area contributed by atoms with Crippen LogP contribution in [0, 0.1) is 0 Å². The number of Topliss-reactive ketones (excluding diaryl/α,β-unsaturated/α-hetero) is 1. The number of ketones is 1. The van der Waals surface area contributed by atoms with Crippen LogP contribution in [0.5, 0.6) is 11.5 Å². The number of nitrogens with zero attached hydrogens (tertiary/aromatic N) is 2. The summed E-state index contributed by atoms with van der Waals surface area (Å²) in [7, 11) is 0. The molecule has 1 atom stereocenters. The van der Waals surface area contributed by atoms with Crippen molar-refractivity contribution in [2.45, 2.75) is 26.4 Å². The maximum absolute atomic E-state index is 13.1. The molecule has 2 aromatic rings. The van der Waals surface area contributed by atoms with Gasteiger partial charge in [0.2, 0.25) is 0 Å². The van der Waals surface area contributed by atoms with Crippen LogP contribution in [0.3, 0.4) is 0 Å². The Morgan fingerprint density at radius 1 is 1.26 bits per heavy atom. The predicted molar refractivity (Wildman–Crippen MR) is 131 cm³/mol. The SMILES string of the molecule is C=CCN1C(=O)/C(=C/c2ccccc2OC(CC)C(C)=O)SC1=Nc1ccc(O)cc1C(=O)O. The van der Waals surface area contributed by atoms with Gasteiger partial charge >= 0.3 is 5.97 Å². The number of rotatable bonds is 9. The van der Waals surface area contributed by atoms with E-state index in [0.29, 0.717) is 22.6 Å². The maximum Gasteiger partial charge on any atom is 0.338 e. The summed E-state index contributed by atoms with van der Waals surface area (Å²) in [6.45, 7) is 7.18. The molecule has 0 spiro atoms. The second-order valence-corrected chi connectivity index (χ2v) is 8.39. The second kappa shape index (κ2) is 10.8. The summed E-state index contributed by atoms with van der Waals surface area (Å²) in [4.78, 5) is 42.7. The number of carbonyl (C=O) groups excluding carboxylic acids is 2. The van der Waals surface area contributed by atoms with Gasteiger partial charge in [0, 0.05) is 12.1 Å². The number of ether oxygens (including phenoxy) is 1. The minimum atomic E-state index is -1.25. The van der Waals surface area contributed by atoms with Gasteiger partial charge in [-0.2, -0.15) is 0 Å². The van der Waals surface area contributed by atoms with Crippen LogP contribution in [-0.4, -0.2) is 50.6 Å². The molecule has 0 saturated carbocycles. The van der Waals surface area contributed by atoms with E-state index < -0.39 is 12.1 Å². The van der Waals surface area contributed by atoms with E-state index in [4.69, 9.17) is 4.74 Å². The summed E-state index contributed by atoms with van der Waals surface area (Å²) < 4.78 is 5.89. The van der Waals surface area contributed by atoms with Crippen LogP contribution in [0.25, 0.3) is 6.08 Å². The van der Waals surface area contributed by atoms with Crippen LogP contribution in [0.1, 0.15) is 36.2 Å². The standard InChI is InChI=1S/C25H24N2O6S/c1-4-12-27-23(30)22(13-16-8-6-7-9-21(16)33-20(5-2)15(3)28)34-25(27)26-19-11-10-17(29)14-18(19)24(31)32/h4,6-11,13-14,20,29H,1,5,12H2,2-3H3,(H,31,32)/b22-13-,26-25?. The van der Waals surface area contributed by atoms with Crippen LogP contribution < -0.4 is 4.74 Å². The normalized spacial score (nSPS) is 16.6. The first kappa shape index (κ1) is 24.8. The molecule has 1 aliphatic rings. The Kier molecular flexibility index (Phi) is 7.91. The lowest BCUT2D eigenvalue weighted by Gasteiger charge is -2.16. The van der Waals surface area contributed by atoms with Crippen molar-refractivity contribution in [2.24, 2.45) is 4.99 Å². The average molecular weight is 481 g/mol. The number of para-hydroxylation sites is 1. The molecule has 1 saturated heterocycles. The fourth-order valence-electron chi connectivity index (χ4n) is 3.23. The third-order valence-corrected chi connectivity index (χ3v) is 5.93. The topological polar surface area (TPSA) is 117 Å². The maximum atomic E-state index is 13.1. The van der Waals surface area contributed by atoms with E-state index in [-0.39, 0.29) is 40.4 Å². The van der Waals surface area contributed by atoms with Gasteiger partial charge in [0.15, 0.2) is 17.1 Å². The van der Waals surface area contributed by atoms with E-state index in [2.05, 4.69) is 11.6 Å². The lowest BCUT2D eigenvalue weighted by atomic mass is 10.1. The minimum absolute atomic E-state index is 0.0917. The number of amidine groups is 1. The second-order valence-electron chi connectivity index (χ2n) is 7.38. The van der Waals surface area contributed by atoms with Crippen molar-refractivity contribution in [3.05, 3.63) is 71.2 Å². The number of aromatic carboxylic acids is 1. The van der Waals surface area contributed by atoms with Gasteiger partial charge in [0.05, 0.1) is 16.2 Å². The van der Waals surface area contributed by atoms with Gasteiger partial charge in [-0.1, -0.05) is 31.2 Å². The predicted octanol–water partition coefficient (Wildman–Crippen LogP) is 4.63. The first-order chi connectivity index (χ1) is 16.2. The third-order valence-electron chi connectivity index (χ3n) is 4.93. The highest BCUT2D eigenvalue weighted by molar-refractivity contribution is 8.18. The largest absolute Gasteiger partial charge is 0.508 e. The van der Waals surface area contributed by atoms with Crippen molar-refractivity contribution >= 4 is 46.4 Å². The van der Waals surface area contributed by atoms with Crippen molar-refractivity contribution in [1.29, 1.82) is 0 Å². The van der Waals surface area contributed by atoms with Crippen molar-refractivity contribution in [1.82, 2.24) is 4.90 Å². The van der Waals surface area contributed by atoms with Crippen molar-refractivity contribution in [3.63, 3.8) is 0 Å². The molecule has 2 aromatic carbocycles. The molecule has 2 N–H and O–H groups in total. The fourth-order valence-corrected chi connectivity index (χ4v) is 4.22. The van der Waals surface area contributed by atoms with Crippen molar-refractivity contribution in [3.8, 4) is 11.5 Å². The van der Waals surface area contributed by atoms with E-state index >= 15 is 0 Å². The van der Waals surface area contributed by atoms with Crippen LogP contribution in [0.15, 0.2) is 65.0 Å². The van der Waals surface area contributed by atoms with Crippen molar-refractivity contribution < 1.29 is 29.3 Å². The van der Waals surface area contributed by atoms with Crippen LogP contribution in [-0.2, 0) is 9.59 Å². The summed E-state index contributed by atoms with van der Waals surface area (Å²) in [6.07, 6.45) is 3.12. The van der Waals surface area contributed by atoms with Gasteiger partial charge in [-0.05, 0) is 55.4 Å². The molecule has 1 aliphatic heterocycles. The molecular weight excluding hydrogens is 456 g/mol. The van der Waals surface area contributed by atoms with Crippen LogP contribution >= 0.6 is 11.8 Å². The lowest BCUT2D eigenvalue weighted by molar-refractivity contribution is -0.124. The van der Waals surface area contributed by atoms with E-state index in [1.54, 1.807) is 36.4 Å². The molecule has 9 heteroatoms. The van der Waals surface area contributed by atoms with Gasteiger partial charge in [0.25, 0.3) is 5.91 Å². The molecule has 1 unspecified atom stereocenters. The summed E-state index contributed by atoms with van der Waals surface area (Å²) >= 11 is 1.08. The van der Waals surface area contributed by atoms with Gasteiger partial charge in [-0.25, -0.2) is 9.79 Å². The minimum Gasteiger partial charge on any atom is -0.508 e. The number of carboxylic acids is 1. The van der Waals surface area contributed by atoms with E-state index in [9.17, 15) is 24.6 Å². The zero-order valence-corrected chi connectivity index (χ0v) is 19.5. The Hall–Kier alpha value is -3.85. The molecule has 1 amide bonds. The quantitative estimate of drug-likeness (QED) is 0.397. The van der Waals surface area contributed by atoms with E-state index in [0.717, 1.165) is 17.8 Å². The highest BCUT2D eigenvalue weighted by atomic mass is 32.2. The number of phenols is 1. The molecule has 0 aliphatic carbocycles. The molecule has 0 bridgehead atoms. The Balaban J connectivity index is 2.01. The number of amides is 1. The number of carbonyl (C=O) groups is 3. The summed E-state index contributed by atoms with van der Waals surface area (Å²) in [6, 6.07) is 10.9. The van der Waals surface area contributed by atoms with E-state index in [1.807, 2.05) is 6.92 Å². The molecule has 3 rings (SSSR count). The molecule has 1 heterocycles. The van der Waals surface area contributed by atoms with E-state index in [1.165, 1.54) is 24.0 Å². The third kappa shape index (κ3) is 5.55. The lowest BCUT2D eigenvalue weighted by Crippen LogP contribution is -2.29. The molecule has 176 valence electrons. The number of aliphatic imine (C=N–C) groups is 1. The zero-order valence-electron chi connectivity index (χ0n) is 18.7. The molecule has 0 radical (unpaired) electrons. The van der Waals surface area contributed by atoms with Crippen LogP contribution in [0.2, 0.25) is 0 Å². The molecule has 0 aromatic heterocycles. The van der Waals surface area contributed by atoms with Gasteiger partial charge in [-0.15, -0.1) is 6.58 Å². The summed E-state index contributed by atoms with van der Waals surface area (Å²) in [5.74, 6) is -1.40. The number of benzene rings is 2. The van der Waals surface area contributed by atoms with Gasteiger partial charge < -0.3 is 14.9 Å². The Morgan fingerprint density at radius 3 is 2.65 bits per heavy atom. The van der Waals surface area contributed by atoms with Gasteiger partial charge in [-0.3, -0.25) is 14.5 Å². The number of phenolic OH excluding ortho intramolecular Hbond substituents is 1. The Morgan fingerprint density at radius 2 is 2.00 bits per heavy atom. The van der Waals surface area contributed by atoms with Gasteiger partial charge in [0.1, 0.15) is 11.5 Å². The van der Waals surface area contributed by atoms with Crippen molar-refractivity contribution in [2.75, 3.05) is 6.54 Å².